The second-order valence-electron chi connectivity index (χ2n) is 6.97. The third-order valence-electron chi connectivity index (χ3n) is 4.33. The molecule has 0 saturated carbocycles. The van der Waals surface area contributed by atoms with Crippen molar-refractivity contribution in [2.24, 2.45) is 4.99 Å². The number of rotatable bonds is 8. The van der Waals surface area contributed by atoms with Crippen molar-refractivity contribution in [2.75, 3.05) is 34.8 Å². The lowest BCUT2D eigenvalue weighted by Gasteiger charge is -2.14. The predicted molar refractivity (Wildman–Crippen MR) is 113 cm³/mol. The van der Waals surface area contributed by atoms with Gasteiger partial charge in [0.05, 0.1) is 7.11 Å². The first-order valence-electron chi connectivity index (χ1n) is 9.32. The van der Waals surface area contributed by atoms with E-state index in [9.17, 15) is 0 Å². The Kier molecular flexibility index (Phi) is 8.14. The Hall–Kier alpha value is -2.53. The number of guanidine groups is 1. The smallest absolute Gasteiger partial charge is 0.191 e. The van der Waals surface area contributed by atoms with Crippen molar-refractivity contribution in [1.82, 2.24) is 15.5 Å². The van der Waals surface area contributed by atoms with Gasteiger partial charge in [0, 0.05) is 26.7 Å². The molecule has 0 amide bonds. The summed E-state index contributed by atoms with van der Waals surface area (Å²) in [5, 5.41) is 6.74. The monoisotopic (exact) mass is 368 g/mol. The summed E-state index contributed by atoms with van der Waals surface area (Å²) in [5.74, 6) is 1.74. The number of hydrogen-bond acceptors (Lipinski definition) is 3. The number of aryl methyl sites for hydroxylation is 1. The summed E-state index contributed by atoms with van der Waals surface area (Å²) in [5.41, 5.74) is 5.00. The molecule has 0 atom stereocenters. The molecule has 0 fully saturated rings. The summed E-state index contributed by atoms with van der Waals surface area (Å²) in [6, 6.07) is 15.0. The Morgan fingerprint density at radius 3 is 2.37 bits per heavy atom. The molecule has 5 heteroatoms. The molecule has 2 N–H and O–H groups in total. The van der Waals surface area contributed by atoms with Crippen LogP contribution in [0.3, 0.4) is 0 Å². The van der Waals surface area contributed by atoms with E-state index in [4.69, 9.17) is 4.74 Å². The van der Waals surface area contributed by atoms with E-state index in [-0.39, 0.29) is 0 Å². The van der Waals surface area contributed by atoms with E-state index in [0.717, 1.165) is 37.8 Å². The fourth-order valence-electron chi connectivity index (χ4n) is 2.95. The maximum atomic E-state index is 5.45. The minimum Gasteiger partial charge on any atom is -0.496 e. The van der Waals surface area contributed by atoms with E-state index < -0.39 is 0 Å². The molecular weight excluding hydrogens is 336 g/mol. The van der Waals surface area contributed by atoms with Gasteiger partial charge in [-0.2, -0.15) is 0 Å². The van der Waals surface area contributed by atoms with Crippen LogP contribution >= 0.6 is 0 Å². The van der Waals surface area contributed by atoms with Gasteiger partial charge in [0.25, 0.3) is 0 Å². The standard InChI is InChI=1S/C22H32N4O/c1-17-6-11-21(27-5)20(14-17)12-13-24-22(23-2)25-15-18-7-9-19(10-8-18)16-26(3)4/h6-11,14H,12-13,15-16H2,1-5H3,(H2,23,24,25). The van der Waals surface area contributed by atoms with Crippen LogP contribution in [-0.2, 0) is 19.5 Å². The topological polar surface area (TPSA) is 48.9 Å². The van der Waals surface area contributed by atoms with Crippen molar-refractivity contribution in [2.45, 2.75) is 26.4 Å². The van der Waals surface area contributed by atoms with Crippen molar-refractivity contribution in [3.8, 4) is 5.75 Å². The van der Waals surface area contributed by atoms with Crippen LogP contribution in [0.15, 0.2) is 47.5 Å². The lowest BCUT2D eigenvalue weighted by atomic mass is 10.1. The van der Waals surface area contributed by atoms with E-state index in [1.807, 2.05) is 6.07 Å². The number of benzene rings is 2. The van der Waals surface area contributed by atoms with Gasteiger partial charge in [0.1, 0.15) is 5.75 Å². The molecule has 27 heavy (non-hydrogen) atoms. The Labute approximate surface area is 163 Å². The molecule has 0 heterocycles. The largest absolute Gasteiger partial charge is 0.496 e. The zero-order chi connectivity index (χ0) is 19.6. The first-order chi connectivity index (χ1) is 13.0. The van der Waals surface area contributed by atoms with Crippen LogP contribution < -0.4 is 15.4 Å². The molecule has 0 bridgehead atoms. The third-order valence-corrected chi connectivity index (χ3v) is 4.33. The Balaban J connectivity index is 1.81. The molecule has 2 aromatic carbocycles. The molecule has 0 spiro atoms. The van der Waals surface area contributed by atoms with Crippen LogP contribution in [0.1, 0.15) is 22.3 Å². The maximum Gasteiger partial charge on any atom is 0.191 e. The molecule has 2 rings (SSSR count). The van der Waals surface area contributed by atoms with Crippen LogP contribution in [0.2, 0.25) is 0 Å². The summed E-state index contributed by atoms with van der Waals surface area (Å²) in [6.45, 7) is 4.59. The van der Waals surface area contributed by atoms with E-state index in [1.165, 1.54) is 22.3 Å². The van der Waals surface area contributed by atoms with E-state index in [1.54, 1.807) is 14.2 Å². The van der Waals surface area contributed by atoms with Gasteiger partial charge in [-0.15, -0.1) is 0 Å². The normalized spacial score (nSPS) is 11.6. The van der Waals surface area contributed by atoms with Crippen molar-refractivity contribution < 1.29 is 4.74 Å². The Morgan fingerprint density at radius 1 is 1.04 bits per heavy atom. The highest BCUT2D eigenvalue weighted by Crippen LogP contribution is 2.19. The van der Waals surface area contributed by atoms with Gasteiger partial charge in [0.15, 0.2) is 5.96 Å². The fraction of sp³-hybridized carbons (Fsp3) is 0.409. The van der Waals surface area contributed by atoms with E-state index in [0.29, 0.717) is 0 Å². The third kappa shape index (κ3) is 6.94. The molecule has 0 aliphatic carbocycles. The molecule has 0 saturated heterocycles. The first-order valence-corrected chi connectivity index (χ1v) is 9.32. The molecule has 0 aromatic heterocycles. The zero-order valence-corrected chi connectivity index (χ0v) is 17.2. The van der Waals surface area contributed by atoms with Crippen molar-refractivity contribution in [3.63, 3.8) is 0 Å². The minimum atomic E-state index is 0.746. The second kappa shape index (κ2) is 10.6. The van der Waals surface area contributed by atoms with Crippen LogP contribution in [0.5, 0.6) is 5.75 Å². The van der Waals surface area contributed by atoms with Crippen molar-refractivity contribution >= 4 is 5.96 Å². The lowest BCUT2D eigenvalue weighted by Crippen LogP contribution is -2.37. The molecular formula is C22H32N4O. The summed E-state index contributed by atoms with van der Waals surface area (Å²) >= 11 is 0. The van der Waals surface area contributed by atoms with E-state index >= 15 is 0 Å². The molecule has 2 aromatic rings. The predicted octanol–water partition coefficient (Wildman–Crippen LogP) is 2.97. The number of nitrogens with zero attached hydrogens (tertiary/aromatic N) is 2. The van der Waals surface area contributed by atoms with Crippen molar-refractivity contribution in [3.05, 3.63) is 64.7 Å². The number of nitrogens with one attached hydrogen (secondary N) is 2. The zero-order valence-electron chi connectivity index (χ0n) is 17.2. The van der Waals surface area contributed by atoms with Gasteiger partial charge in [-0.05, 0) is 50.2 Å². The minimum absolute atomic E-state index is 0.746. The Bertz CT molecular complexity index is 738. The lowest BCUT2D eigenvalue weighted by molar-refractivity contribution is 0.402. The highest BCUT2D eigenvalue weighted by molar-refractivity contribution is 5.79. The first kappa shape index (κ1) is 20.8. The average Bonchev–Trinajstić information content (AvgIpc) is 2.65. The van der Waals surface area contributed by atoms with Gasteiger partial charge in [-0.25, -0.2) is 0 Å². The molecule has 146 valence electrons. The highest BCUT2D eigenvalue weighted by atomic mass is 16.5. The molecule has 0 radical (unpaired) electrons. The van der Waals surface area contributed by atoms with Gasteiger partial charge >= 0.3 is 0 Å². The summed E-state index contributed by atoms with van der Waals surface area (Å²) in [7, 11) is 7.67. The average molecular weight is 369 g/mol. The molecule has 5 nitrogen and oxygen atoms in total. The van der Waals surface area contributed by atoms with Crippen molar-refractivity contribution in [1.29, 1.82) is 0 Å². The van der Waals surface area contributed by atoms with Crippen LogP contribution in [-0.4, -0.2) is 45.7 Å². The van der Waals surface area contributed by atoms with Gasteiger partial charge < -0.3 is 20.3 Å². The second-order valence-corrected chi connectivity index (χ2v) is 6.97. The molecule has 0 aliphatic heterocycles. The Morgan fingerprint density at radius 2 is 1.74 bits per heavy atom. The maximum absolute atomic E-state index is 5.45. The van der Waals surface area contributed by atoms with Gasteiger partial charge in [-0.3, -0.25) is 4.99 Å². The van der Waals surface area contributed by atoms with Crippen LogP contribution in [0, 0.1) is 6.92 Å². The highest BCUT2D eigenvalue weighted by Gasteiger charge is 2.04. The quantitative estimate of drug-likeness (QED) is 0.556. The van der Waals surface area contributed by atoms with Gasteiger partial charge in [0.2, 0.25) is 0 Å². The number of aliphatic imine (C=N–C) groups is 1. The summed E-state index contributed by atoms with van der Waals surface area (Å²) in [4.78, 5) is 6.48. The van der Waals surface area contributed by atoms with Crippen LogP contribution in [0.4, 0.5) is 0 Å². The summed E-state index contributed by atoms with van der Waals surface area (Å²) in [6.07, 6.45) is 0.880. The number of ether oxygens (including phenoxy) is 1. The SMILES string of the molecule is CN=C(NCCc1cc(C)ccc1OC)NCc1ccc(CN(C)C)cc1. The summed E-state index contributed by atoms with van der Waals surface area (Å²) < 4.78 is 5.45. The number of methoxy groups -OCH3 is 1. The van der Waals surface area contributed by atoms with E-state index in [2.05, 4.69) is 77.9 Å². The van der Waals surface area contributed by atoms with Crippen LogP contribution in [0.25, 0.3) is 0 Å². The number of hydrogen-bond donors (Lipinski definition) is 2. The molecule has 0 unspecified atom stereocenters. The molecule has 0 aliphatic rings. The van der Waals surface area contributed by atoms with Gasteiger partial charge in [-0.1, -0.05) is 42.0 Å². The fourth-order valence-corrected chi connectivity index (χ4v) is 2.95.